The van der Waals surface area contributed by atoms with E-state index >= 15 is 0 Å². The van der Waals surface area contributed by atoms with E-state index in [0.29, 0.717) is 6.54 Å². The van der Waals surface area contributed by atoms with E-state index in [4.69, 9.17) is 4.74 Å². The first-order valence-corrected chi connectivity index (χ1v) is 9.99. The topological polar surface area (TPSA) is 38.3 Å². The van der Waals surface area contributed by atoms with E-state index in [1.54, 1.807) is 0 Å². The van der Waals surface area contributed by atoms with Gasteiger partial charge in [-0.25, -0.2) is 0 Å². The molecule has 0 aromatic heterocycles. The largest absolute Gasteiger partial charge is 0.381 e. The molecule has 0 bridgehead atoms. The number of benzene rings is 2. The fraction of sp³-hybridized carbons (Fsp3) is 0.409. The Hall–Kier alpha value is -1.78. The first kappa shape index (κ1) is 19.0. The zero-order valence-electron chi connectivity index (χ0n) is 15.8. The second-order valence-electron chi connectivity index (χ2n) is 7.17. The van der Waals surface area contributed by atoms with Crippen molar-refractivity contribution in [1.29, 1.82) is 0 Å². The summed E-state index contributed by atoms with van der Waals surface area (Å²) >= 11 is 1.87. The second-order valence-corrected chi connectivity index (χ2v) is 8.71. The highest BCUT2D eigenvalue weighted by Gasteiger charge is 2.34. The lowest BCUT2D eigenvalue weighted by atomic mass is 9.97. The van der Waals surface area contributed by atoms with Crippen molar-refractivity contribution in [3.63, 3.8) is 0 Å². The third-order valence-electron chi connectivity index (χ3n) is 4.96. The van der Waals surface area contributed by atoms with Crippen molar-refractivity contribution in [2.24, 2.45) is 0 Å². The molecule has 1 amide bonds. The molecule has 2 aromatic carbocycles. The van der Waals surface area contributed by atoms with Gasteiger partial charge in [-0.3, -0.25) is 4.79 Å². The number of carbonyl (C=O) groups excluding carboxylic acids is 1. The smallest absolute Gasteiger partial charge is 0.251 e. The lowest BCUT2D eigenvalue weighted by Gasteiger charge is -2.37. The van der Waals surface area contributed by atoms with Crippen LogP contribution >= 0.6 is 11.8 Å². The van der Waals surface area contributed by atoms with Crippen molar-refractivity contribution in [3.05, 3.63) is 64.7 Å². The van der Waals surface area contributed by atoms with Crippen LogP contribution in [0.1, 0.15) is 39.9 Å². The number of rotatable bonds is 5. The number of ether oxygens (including phenoxy) is 1. The van der Waals surface area contributed by atoms with Crippen LogP contribution in [0.2, 0.25) is 0 Å². The van der Waals surface area contributed by atoms with Crippen LogP contribution in [0, 0.1) is 20.8 Å². The number of aryl methyl sites for hydroxylation is 3. The highest BCUT2D eigenvalue weighted by molar-refractivity contribution is 8.00. The molecule has 1 heterocycles. The Bertz CT molecular complexity index is 744. The highest BCUT2D eigenvalue weighted by Crippen LogP contribution is 2.40. The van der Waals surface area contributed by atoms with E-state index in [-0.39, 0.29) is 10.7 Å². The maximum Gasteiger partial charge on any atom is 0.251 e. The lowest BCUT2D eigenvalue weighted by Crippen LogP contribution is -2.44. The summed E-state index contributed by atoms with van der Waals surface area (Å²) in [7, 11) is 0. The van der Waals surface area contributed by atoms with E-state index in [9.17, 15) is 4.79 Å². The molecule has 1 saturated heterocycles. The first-order chi connectivity index (χ1) is 12.5. The van der Waals surface area contributed by atoms with Crippen molar-refractivity contribution in [3.8, 4) is 0 Å². The fourth-order valence-electron chi connectivity index (χ4n) is 3.66. The summed E-state index contributed by atoms with van der Waals surface area (Å²) in [5.41, 5.74) is 4.08. The number of nitrogens with one attached hydrogen (secondary N) is 1. The normalized spacial score (nSPS) is 16.3. The Morgan fingerprint density at radius 2 is 1.69 bits per heavy atom. The van der Waals surface area contributed by atoms with Gasteiger partial charge >= 0.3 is 0 Å². The Morgan fingerprint density at radius 1 is 1.08 bits per heavy atom. The van der Waals surface area contributed by atoms with Crippen LogP contribution in [0.3, 0.4) is 0 Å². The molecule has 4 heteroatoms. The van der Waals surface area contributed by atoms with E-state index in [0.717, 1.165) is 42.7 Å². The molecule has 3 rings (SSSR count). The van der Waals surface area contributed by atoms with Crippen LogP contribution in [-0.4, -0.2) is 30.4 Å². The molecular weight excluding hydrogens is 342 g/mol. The molecule has 1 fully saturated rings. The Morgan fingerprint density at radius 3 is 2.31 bits per heavy atom. The van der Waals surface area contributed by atoms with Crippen LogP contribution in [0.4, 0.5) is 0 Å². The van der Waals surface area contributed by atoms with Gasteiger partial charge in [0.2, 0.25) is 0 Å². The standard InChI is InChI=1S/C22H27NO2S/c1-16-13-17(2)20(18(3)14-16)21(24)23-15-22(9-11-25-12-10-22)26-19-7-5-4-6-8-19/h4-8,13-14H,9-12,15H2,1-3H3,(H,23,24). The molecule has 0 aliphatic carbocycles. The lowest BCUT2D eigenvalue weighted by molar-refractivity contribution is 0.0741. The fourth-order valence-corrected chi connectivity index (χ4v) is 4.97. The number of carbonyl (C=O) groups is 1. The Balaban J connectivity index is 1.75. The summed E-state index contributed by atoms with van der Waals surface area (Å²) in [5.74, 6) is 0.0273. The molecule has 1 aliphatic rings. The van der Waals surface area contributed by atoms with Gasteiger partial charge in [0.15, 0.2) is 0 Å². The predicted molar refractivity (Wildman–Crippen MR) is 108 cm³/mol. The molecule has 2 aromatic rings. The van der Waals surface area contributed by atoms with E-state index < -0.39 is 0 Å². The second kappa shape index (κ2) is 8.28. The van der Waals surface area contributed by atoms with E-state index in [1.807, 2.05) is 31.7 Å². The van der Waals surface area contributed by atoms with Gasteiger partial charge in [0.1, 0.15) is 0 Å². The van der Waals surface area contributed by atoms with Crippen LogP contribution < -0.4 is 5.32 Å². The molecule has 1 N–H and O–H groups in total. The van der Waals surface area contributed by atoms with E-state index in [1.165, 1.54) is 10.5 Å². The SMILES string of the molecule is Cc1cc(C)c(C(=O)NCC2(Sc3ccccc3)CCOCC2)c(C)c1. The monoisotopic (exact) mass is 369 g/mol. The molecule has 0 radical (unpaired) electrons. The Kier molecular flexibility index (Phi) is 6.05. The van der Waals surface area contributed by atoms with Gasteiger partial charge in [0, 0.05) is 35.0 Å². The number of amides is 1. The van der Waals surface area contributed by atoms with Crippen LogP contribution in [-0.2, 0) is 4.74 Å². The molecule has 1 aliphatic heterocycles. The van der Waals surface area contributed by atoms with Crippen molar-refractivity contribution in [2.75, 3.05) is 19.8 Å². The summed E-state index contributed by atoms with van der Waals surface area (Å²) < 4.78 is 5.57. The highest BCUT2D eigenvalue weighted by atomic mass is 32.2. The third-order valence-corrected chi connectivity index (χ3v) is 6.45. The summed E-state index contributed by atoms with van der Waals surface area (Å²) in [6, 6.07) is 14.6. The first-order valence-electron chi connectivity index (χ1n) is 9.17. The van der Waals surface area contributed by atoms with Gasteiger partial charge < -0.3 is 10.1 Å². The van der Waals surface area contributed by atoms with Gasteiger partial charge in [0.25, 0.3) is 5.91 Å². The molecule has 138 valence electrons. The summed E-state index contributed by atoms with van der Waals surface area (Å²) in [6.45, 7) is 8.24. The maximum absolute atomic E-state index is 12.9. The number of hydrogen-bond donors (Lipinski definition) is 1. The molecule has 0 atom stereocenters. The number of hydrogen-bond acceptors (Lipinski definition) is 3. The van der Waals surface area contributed by atoms with Crippen molar-refractivity contribution >= 4 is 17.7 Å². The average molecular weight is 370 g/mol. The van der Waals surface area contributed by atoms with Gasteiger partial charge in [-0.1, -0.05) is 35.9 Å². The summed E-state index contributed by atoms with van der Waals surface area (Å²) in [6.07, 6.45) is 1.89. The average Bonchev–Trinajstić information content (AvgIpc) is 2.61. The quantitative estimate of drug-likeness (QED) is 0.831. The van der Waals surface area contributed by atoms with Crippen LogP contribution in [0.25, 0.3) is 0 Å². The van der Waals surface area contributed by atoms with Crippen molar-refractivity contribution in [1.82, 2.24) is 5.32 Å². The van der Waals surface area contributed by atoms with Crippen LogP contribution in [0.5, 0.6) is 0 Å². The van der Waals surface area contributed by atoms with Gasteiger partial charge in [-0.2, -0.15) is 0 Å². The Labute approximate surface area is 160 Å². The van der Waals surface area contributed by atoms with Gasteiger partial charge in [0.05, 0.1) is 0 Å². The van der Waals surface area contributed by atoms with E-state index in [2.05, 4.69) is 48.6 Å². The molecule has 26 heavy (non-hydrogen) atoms. The summed E-state index contributed by atoms with van der Waals surface area (Å²) in [4.78, 5) is 14.1. The molecule has 0 spiro atoms. The third kappa shape index (κ3) is 4.49. The van der Waals surface area contributed by atoms with Crippen LogP contribution in [0.15, 0.2) is 47.4 Å². The van der Waals surface area contributed by atoms with Crippen molar-refractivity contribution in [2.45, 2.75) is 43.3 Å². The molecule has 0 unspecified atom stereocenters. The van der Waals surface area contributed by atoms with Gasteiger partial charge in [-0.15, -0.1) is 11.8 Å². The summed E-state index contributed by atoms with van der Waals surface area (Å²) in [5, 5.41) is 3.22. The van der Waals surface area contributed by atoms with Crippen molar-refractivity contribution < 1.29 is 9.53 Å². The molecule has 3 nitrogen and oxygen atoms in total. The maximum atomic E-state index is 12.9. The molecular formula is C22H27NO2S. The minimum absolute atomic E-state index is 0.0121. The zero-order valence-corrected chi connectivity index (χ0v) is 16.6. The number of thioether (sulfide) groups is 1. The zero-order chi connectivity index (χ0) is 18.6. The van der Waals surface area contributed by atoms with Gasteiger partial charge in [-0.05, 0) is 56.9 Å². The minimum atomic E-state index is -0.0121. The minimum Gasteiger partial charge on any atom is -0.381 e. The predicted octanol–water partition coefficient (Wildman–Crippen LogP) is 4.68. The molecule has 0 saturated carbocycles.